The second kappa shape index (κ2) is 7.82. The van der Waals surface area contributed by atoms with Crippen molar-refractivity contribution in [1.29, 1.82) is 0 Å². The zero-order valence-electron chi connectivity index (χ0n) is 12.4. The molecule has 106 valence electrons. The van der Waals surface area contributed by atoms with Gasteiger partial charge in [0, 0.05) is 5.69 Å². The first kappa shape index (κ1) is 15.5. The molecule has 0 spiro atoms. The van der Waals surface area contributed by atoms with Crippen LogP contribution in [0.4, 0.5) is 5.69 Å². The van der Waals surface area contributed by atoms with Crippen LogP contribution in [0.3, 0.4) is 0 Å². The van der Waals surface area contributed by atoms with E-state index in [0.717, 1.165) is 18.5 Å². The summed E-state index contributed by atoms with van der Waals surface area (Å²) in [5.41, 5.74) is 2.18. The summed E-state index contributed by atoms with van der Waals surface area (Å²) in [4.78, 5) is 12.1. The number of carbonyl (C=O) groups excluding carboxylic acids is 1. The minimum atomic E-state index is -0.266. The van der Waals surface area contributed by atoms with Crippen molar-refractivity contribution in [3.05, 3.63) is 29.8 Å². The van der Waals surface area contributed by atoms with Crippen LogP contribution in [-0.4, -0.2) is 18.6 Å². The van der Waals surface area contributed by atoms with Gasteiger partial charge in [-0.1, -0.05) is 44.4 Å². The van der Waals surface area contributed by atoms with Gasteiger partial charge in [0.05, 0.1) is 6.61 Å². The number of hydrogen-bond donors (Lipinski definition) is 1. The fourth-order valence-corrected chi connectivity index (χ4v) is 2.19. The number of esters is 1. The van der Waals surface area contributed by atoms with Crippen LogP contribution in [0.25, 0.3) is 0 Å². The Morgan fingerprint density at radius 2 is 1.74 bits per heavy atom. The second-order valence-corrected chi connectivity index (χ2v) is 4.82. The average Bonchev–Trinajstić information content (AvgIpc) is 2.41. The Morgan fingerprint density at radius 1 is 1.16 bits per heavy atom. The molecule has 1 N–H and O–H groups in total. The van der Waals surface area contributed by atoms with Crippen LogP contribution >= 0.6 is 0 Å². The van der Waals surface area contributed by atoms with Gasteiger partial charge >= 0.3 is 5.97 Å². The highest BCUT2D eigenvalue weighted by Gasteiger charge is 2.27. The van der Waals surface area contributed by atoms with Crippen molar-refractivity contribution in [3.8, 4) is 0 Å². The molecule has 0 aliphatic rings. The minimum absolute atomic E-state index is 0.156. The van der Waals surface area contributed by atoms with Gasteiger partial charge in [-0.2, -0.15) is 0 Å². The van der Waals surface area contributed by atoms with E-state index in [9.17, 15) is 4.79 Å². The molecule has 1 unspecified atom stereocenters. The van der Waals surface area contributed by atoms with Crippen LogP contribution in [0, 0.1) is 12.8 Å². The lowest BCUT2D eigenvalue weighted by molar-refractivity contribution is -0.145. The van der Waals surface area contributed by atoms with E-state index in [4.69, 9.17) is 4.74 Å². The first-order valence-electron chi connectivity index (χ1n) is 7.12. The van der Waals surface area contributed by atoms with Crippen LogP contribution in [0.1, 0.15) is 39.2 Å². The number of hydrogen-bond acceptors (Lipinski definition) is 3. The van der Waals surface area contributed by atoms with Gasteiger partial charge in [-0.3, -0.25) is 0 Å². The Bertz CT molecular complexity index is 382. The molecule has 1 aromatic rings. The molecule has 0 bridgehead atoms. The first-order valence-corrected chi connectivity index (χ1v) is 7.12. The third kappa shape index (κ3) is 4.58. The van der Waals surface area contributed by atoms with Gasteiger partial charge in [-0.25, -0.2) is 4.79 Å². The van der Waals surface area contributed by atoms with Crippen molar-refractivity contribution < 1.29 is 9.53 Å². The SMILES string of the molecule is CCOC(=O)C(Nc1ccc(C)cc1)C(CC)CC. The smallest absolute Gasteiger partial charge is 0.328 e. The van der Waals surface area contributed by atoms with Gasteiger partial charge < -0.3 is 10.1 Å². The fraction of sp³-hybridized carbons (Fsp3) is 0.562. The molecule has 0 fully saturated rings. The van der Waals surface area contributed by atoms with E-state index in [-0.39, 0.29) is 12.0 Å². The third-order valence-electron chi connectivity index (χ3n) is 3.43. The summed E-state index contributed by atoms with van der Waals surface area (Å²) >= 11 is 0. The molecule has 0 aliphatic carbocycles. The zero-order valence-corrected chi connectivity index (χ0v) is 12.4. The summed E-state index contributed by atoms with van der Waals surface area (Å²) in [6, 6.07) is 7.82. The summed E-state index contributed by atoms with van der Waals surface area (Å²) in [6.45, 7) is 8.53. The maximum Gasteiger partial charge on any atom is 0.328 e. The predicted octanol–water partition coefficient (Wildman–Crippen LogP) is 3.77. The normalized spacial score (nSPS) is 12.3. The van der Waals surface area contributed by atoms with Crippen LogP contribution in [0.2, 0.25) is 0 Å². The average molecular weight is 263 g/mol. The topological polar surface area (TPSA) is 38.3 Å². The minimum Gasteiger partial charge on any atom is -0.464 e. The van der Waals surface area contributed by atoms with Crippen LogP contribution in [-0.2, 0) is 9.53 Å². The van der Waals surface area contributed by atoms with Crippen molar-refractivity contribution in [2.24, 2.45) is 5.92 Å². The number of carbonyl (C=O) groups is 1. The summed E-state index contributed by atoms with van der Waals surface area (Å²) in [5.74, 6) is 0.136. The summed E-state index contributed by atoms with van der Waals surface area (Å²) in [7, 11) is 0. The Labute approximate surface area is 116 Å². The number of aryl methyl sites for hydroxylation is 1. The maximum absolute atomic E-state index is 12.1. The van der Waals surface area contributed by atoms with E-state index in [2.05, 4.69) is 19.2 Å². The lowest BCUT2D eigenvalue weighted by Gasteiger charge is -2.25. The standard InChI is InChI=1S/C16H25NO2/c1-5-13(6-2)15(16(18)19-7-3)17-14-10-8-12(4)9-11-14/h8-11,13,15,17H,5-7H2,1-4H3. The zero-order chi connectivity index (χ0) is 14.3. The number of rotatable bonds is 7. The second-order valence-electron chi connectivity index (χ2n) is 4.82. The number of nitrogens with one attached hydrogen (secondary N) is 1. The Hall–Kier alpha value is -1.51. The molecule has 1 aromatic carbocycles. The number of benzene rings is 1. The summed E-state index contributed by atoms with van der Waals surface area (Å²) in [6.07, 6.45) is 1.91. The number of anilines is 1. The molecule has 3 heteroatoms. The molecular weight excluding hydrogens is 238 g/mol. The van der Waals surface area contributed by atoms with Crippen LogP contribution < -0.4 is 5.32 Å². The Kier molecular flexibility index (Phi) is 6.40. The monoisotopic (exact) mass is 263 g/mol. The largest absolute Gasteiger partial charge is 0.464 e. The van der Waals surface area contributed by atoms with E-state index in [0.29, 0.717) is 12.5 Å². The quantitative estimate of drug-likeness (QED) is 0.761. The van der Waals surface area contributed by atoms with Crippen molar-refractivity contribution in [2.45, 2.75) is 46.6 Å². The molecule has 0 aliphatic heterocycles. The molecule has 0 saturated heterocycles. The van der Waals surface area contributed by atoms with E-state index >= 15 is 0 Å². The molecule has 0 aromatic heterocycles. The molecule has 0 radical (unpaired) electrons. The Balaban J connectivity index is 2.83. The van der Waals surface area contributed by atoms with E-state index in [1.165, 1.54) is 5.56 Å². The van der Waals surface area contributed by atoms with Gasteiger partial charge in [0.1, 0.15) is 6.04 Å². The molecule has 0 saturated carbocycles. The van der Waals surface area contributed by atoms with Crippen molar-refractivity contribution >= 4 is 11.7 Å². The summed E-state index contributed by atoms with van der Waals surface area (Å²) in [5, 5.41) is 3.32. The maximum atomic E-state index is 12.1. The van der Waals surface area contributed by atoms with E-state index in [1.807, 2.05) is 38.1 Å². The van der Waals surface area contributed by atoms with Crippen molar-refractivity contribution in [2.75, 3.05) is 11.9 Å². The lowest BCUT2D eigenvalue weighted by atomic mass is 9.94. The fourth-order valence-electron chi connectivity index (χ4n) is 2.19. The highest BCUT2D eigenvalue weighted by atomic mass is 16.5. The van der Waals surface area contributed by atoms with Gasteiger partial charge in [-0.15, -0.1) is 0 Å². The van der Waals surface area contributed by atoms with Crippen LogP contribution in [0.5, 0.6) is 0 Å². The number of ether oxygens (including phenoxy) is 1. The molecule has 1 rings (SSSR count). The molecular formula is C16H25NO2. The highest BCUT2D eigenvalue weighted by Crippen LogP contribution is 2.20. The van der Waals surface area contributed by atoms with Crippen molar-refractivity contribution in [1.82, 2.24) is 0 Å². The predicted molar refractivity (Wildman–Crippen MR) is 79.3 cm³/mol. The van der Waals surface area contributed by atoms with Gasteiger partial charge in [0.25, 0.3) is 0 Å². The third-order valence-corrected chi connectivity index (χ3v) is 3.43. The molecule has 3 nitrogen and oxygen atoms in total. The van der Waals surface area contributed by atoms with Gasteiger partial charge in [0.2, 0.25) is 0 Å². The lowest BCUT2D eigenvalue weighted by Crippen LogP contribution is -2.38. The van der Waals surface area contributed by atoms with Gasteiger partial charge in [0.15, 0.2) is 0 Å². The molecule has 0 heterocycles. The molecule has 19 heavy (non-hydrogen) atoms. The van der Waals surface area contributed by atoms with Crippen LogP contribution in [0.15, 0.2) is 24.3 Å². The molecule has 0 amide bonds. The van der Waals surface area contributed by atoms with Crippen molar-refractivity contribution in [3.63, 3.8) is 0 Å². The molecule has 1 atom stereocenters. The summed E-state index contributed by atoms with van der Waals surface area (Å²) < 4.78 is 5.18. The van der Waals surface area contributed by atoms with E-state index in [1.54, 1.807) is 0 Å². The first-order chi connectivity index (χ1) is 9.12. The highest BCUT2D eigenvalue weighted by molar-refractivity contribution is 5.79. The van der Waals surface area contributed by atoms with Gasteiger partial charge in [-0.05, 0) is 31.9 Å². The van der Waals surface area contributed by atoms with E-state index < -0.39 is 0 Å². The Morgan fingerprint density at radius 3 is 2.21 bits per heavy atom.